The van der Waals surface area contributed by atoms with Crippen molar-refractivity contribution in [3.05, 3.63) is 27.7 Å². The molecule has 0 aromatic rings. The van der Waals surface area contributed by atoms with Gasteiger partial charge in [-0.05, 0) is 48.7 Å². The minimum absolute atomic E-state index is 0. The van der Waals surface area contributed by atoms with Crippen LogP contribution in [0.2, 0.25) is 0 Å². The van der Waals surface area contributed by atoms with Crippen molar-refractivity contribution in [2.24, 2.45) is 0 Å². The zero-order chi connectivity index (χ0) is 95.3. The number of carboxylic acids is 4. The van der Waals surface area contributed by atoms with E-state index in [-0.39, 0.29) is 353 Å². The third-order valence-corrected chi connectivity index (χ3v) is 27.7. The fourth-order valence-electron chi connectivity index (χ4n) is 14.0. The van der Waals surface area contributed by atoms with Crippen molar-refractivity contribution in [1.82, 2.24) is 0 Å². The predicted molar refractivity (Wildman–Crippen MR) is 423 cm³/mol. The number of carbonyl (C=O) groups is 4. The molecule has 0 saturated carbocycles. The van der Waals surface area contributed by atoms with Crippen LogP contribution in [0.4, 0.5) is 0 Å². The molecule has 30 rings (SSSR count). The maximum atomic E-state index is 12.2. The number of thioether (sulfide) groups is 8. The van der Waals surface area contributed by atoms with Crippen molar-refractivity contribution in [3.63, 3.8) is 0 Å². The van der Waals surface area contributed by atoms with Gasteiger partial charge in [-0.2, -0.15) is 132 Å². The summed E-state index contributed by atoms with van der Waals surface area (Å²) in [5, 5.41) is 240. The minimum atomic E-state index is -2.28. The second-order valence-electron chi connectivity index (χ2n) is 28.4. The Morgan fingerprint density at radius 3 is 0.404 bits per heavy atom. The van der Waals surface area contributed by atoms with E-state index in [9.17, 15) is 121 Å². The van der Waals surface area contributed by atoms with Gasteiger partial charge < -0.3 is 225 Å². The van der Waals surface area contributed by atoms with Gasteiger partial charge in [-0.3, -0.25) is 0 Å². The van der Waals surface area contributed by atoms with Gasteiger partial charge in [0.05, 0.1) is 48.8 Å². The molecule has 16 N–H and O–H groups in total. The Labute approximate surface area is 992 Å². The Hall–Kier alpha value is 4.92. The fourth-order valence-corrected chi connectivity index (χ4v) is 20.6. The van der Waals surface area contributed by atoms with E-state index in [4.69, 9.17) is 114 Å². The Morgan fingerprint density at radius 1 is 0.206 bits per heavy atom. The molecule has 64 heteroatoms. The minimum Gasteiger partial charge on any atom is -0.550 e. The second kappa shape index (κ2) is 79.0. The van der Waals surface area contributed by atoms with Crippen LogP contribution in [0.15, 0.2) is 0 Å². The van der Waals surface area contributed by atoms with Crippen LogP contribution in [0.25, 0.3) is 0 Å². The number of carboxylic acid groups (broad SMARTS) is 4. The monoisotopic (exact) mass is 2180 g/mol. The molecular formula is C72H104Na8O48S8. The van der Waals surface area contributed by atoms with Crippen molar-refractivity contribution in [2.75, 3.05) is 92.0 Å². The molecule has 0 amide bonds. The average molecular weight is 2180 g/mol. The molecule has 30 saturated heterocycles. The van der Waals surface area contributed by atoms with Crippen LogP contribution in [-0.4, -0.2) is 468 Å². The van der Waals surface area contributed by atoms with Gasteiger partial charge in [0.25, 0.3) is 0 Å². The zero-order valence-corrected chi connectivity index (χ0v) is 98.1. The van der Waals surface area contributed by atoms with Crippen molar-refractivity contribution in [2.45, 2.75) is 271 Å². The summed E-state index contributed by atoms with van der Waals surface area (Å²) >= 11 is 8.17. The zero-order valence-electron chi connectivity index (χ0n) is 75.5. The summed E-state index contributed by atoms with van der Waals surface area (Å²) in [5.41, 5.74) is 0. The van der Waals surface area contributed by atoms with E-state index >= 15 is 0 Å². The second-order valence-corrected chi connectivity index (χ2v) is 37.6. The number of hydrogen-bond donors (Lipinski definition) is 16. The third kappa shape index (κ3) is 45.5. The summed E-state index contributed by atoms with van der Waals surface area (Å²) in [5.74, 6) is -7.50. The molecule has 40 atom stereocenters. The molecule has 0 aliphatic carbocycles. The first-order chi connectivity index (χ1) is 61.0. The van der Waals surface area contributed by atoms with Gasteiger partial charge in [-0.1, -0.05) is 0 Å². The number of aliphatic hydroxyl groups is 16. The van der Waals surface area contributed by atoms with Crippen molar-refractivity contribution >= 4 is 143 Å². The Morgan fingerprint density at radius 2 is 0.309 bits per heavy atom. The number of ether oxygens (including phenoxy) is 16. The molecule has 30 aliphatic rings. The predicted octanol–water partition coefficient (Wildman–Crippen LogP) is -37.9. The smallest absolute Gasteiger partial charge is 0.550 e. The van der Waals surface area contributed by atoms with Crippen LogP contribution in [-0.2, 0) is 133 Å². The maximum Gasteiger partial charge on any atom is 1.00 e. The first kappa shape index (κ1) is 147. The van der Waals surface area contributed by atoms with Crippen LogP contribution in [0.3, 0.4) is 0 Å². The molecule has 736 valence electrons. The number of hydrogen-bond acceptors (Lipinski definition) is 56. The summed E-state index contributed by atoms with van der Waals surface area (Å²) in [6, 6.07) is 0. The van der Waals surface area contributed by atoms with E-state index in [0.29, 0.717) is 0 Å². The molecule has 16 bridgehead atoms. The summed E-state index contributed by atoms with van der Waals surface area (Å²) < 4.78 is 100. The SMILES string of the molecule is O=C=O.O=C=O.O=C=O.O=C=O.[CH2-]CSCC1O[C@@H]2O[C@@H]3C(CSCCC(=O)[O-])O[C@H](O[C@@H]4C(CSCCC(=O)[O-])O[C@H](O[C@@H]5C(CSCCC(=O)[O-])O[C@H](O[C@@H]6C(CSCCC(=O)[O-])O[C@H](O[C@@H]7C(CSC[CH2-])O[C@H](O[C@@H]8C(CSC[CH2-])O[C@@H](O[C@@H]9C(CSC[CH2-])O[C@H](O[C@H]1[C@H](O)C2O)C(O)[C@H]9O)C(O)[C@H]8O)C(O)[C@H]7O)C(O)[C@H]6O)C(O)[C@H]5O)C(O)[C@H]4O)C(O)[C@H]3O.[Na+].[Na+].[Na+].[Na+].[Na+].[Na+].[Na+].[Na+]. The average Bonchev–Trinajstić information content (AvgIpc) is 0.768. The number of aliphatic carboxylic acids is 4. The molecule has 0 aromatic heterocycles. The topological polar surface area (TPSA) is 768 Å². The Kier molecular flexibility index (Phi) is 85.4. The van der Waals surface area contributed by atoms with Crippen molar-refractivity contribution in [3.8, 4) is 0 Å². The van der Waals surface area contributed by atoms with Gasteiger partial charge in [0.2, 0.25) is 0 Å². The van der Waals surface area contributed by atoms with E-state index in [2.05, 4.69) is 27.7 Å². The largest absolute Gasteiger partial charge is 1.00 e. The molecule has 30 aliphatic heterocycles. The van der Waals surface area contributed by atoms with Crippen LogP contribution in [0, 0.1) is 27.7 Å². The number of rotatable bonds is 32. The third-order valence-electron chi connectivity index (χ3n) is 20.1. The standard InChI is InChI=1S/C68H108O40S8.4CO2.8Na/c1-5-109-17-25-53-38(78)46(86)62(94-25)103-55-27(19-111-7-3)96-64(48(88)40(55)80)105-57-29(21-113-13-9-33(69)70)98-66(50(90)42(57)82)107-59-31(23-115-15-11-35(73)74)100-68(52(92)44(59)84)108-60-32(24-116-16-12-36(75)76)99-67(51(91)43(60)83)106-58-30(22-114-14-10-34(71)72)97-65(49(89)41(58)81)104-56-28(20-112-8-4)95-63(47(87)39(56)79)102-54-26(18-110-6-2)93-61(101-53)45(85)37(54)77;4*2-1-3;;;;;;;;/h25-32,37-68,77-92H,1-24H2,(H,69,70)(H,71,72)(H,73,74)(H,75,76);;;;;;;;;;;;/q-4;;;;;8*+1/p-4/t25?,26?,27?,28?,29?,30?,31?,32?,37-,38-,39-,40-,41-,42-,43-,44-,45?,46?,47?,48?,49?,50?,51?,52?,53-,54-,55-,56-,57-,58-,59-,60-,61+,62-,63-,64-,65-,66-,67-,68-;;;;;;;;;;;;/m1............/s1. The number of carbonyl (C=O) groups excluding carboxylic acids is 12. The van der Waals surface area contributed by atoms with Crippen LogP contribution in [0.5, 0.6) is 0 Å². The summed E-state index contributed by atoms with van der Waals surface area (Å²) in [7, 11) is 0. The molecule has 30 heterocycles. The van der Waals surface area contributed by atoms with E-state index in [0.717, 1.165) is 94.1 Å². The quantitative estimate of drug-likeness (QED) is 0.0169. The van der Waals surface area contributed by atoms with Gasteiger partial charge in [0.1, 0.15) is 146 Å². The van der Waals surface area contributed by atoms with Crippen LogP contribution >= 0.6 is 94.1 Å². The van der Waals surface area contributed by atoms with E-state index in [1.54, 1.807) is 0 Å². The normalized spacial score (nSPS) is 38.4. The Balaban J connectivity index is -0.00000413. The maximum absolute atomic E-state index is 12.2. The molecule has 48 nitrogen and oxygen atoms in total. The first-order valence-corrected chi connectivity index (χ1v) is 48.1. The van der Waals surface area contributed by atoms with Crippen LogP contribution in [0.1, 0.15) is 25.7 Å². The van der Waals surface area contributed by atoms with E-state index in [1.165, 1.54) is 0 Å². The van der Waals surface area contributed by atoms with Gasteiger partial charge in [0, 0.05) is 69.9 Å². The van der Waals surface area contributed by atoms with E-state index < -0.39 is 295 Å². The molecule has 16 unspecified atom stereocenters. The molecule has 30 fully saturated rings. The van der Waals surface area contributed by atoms with Gasteiger partial charge in [-0.25, -0.2) is 0 Å². The summed E-state index contributed by atoms with van der Waals surface area (Å²) in [4.78, 5) is 111. The van der Waals surface area contributed by atoms with Gasteiger partial charge in [0.15, 0.2) is 50.3 Å². The number of aliphatic hydroxyl groups excluding tert-OH is 16. The van der Waals surface area contributed by atoms with Gasteiger partial charge >= 0.3 is 261 Å². The van der Waals surface area contributed by atoms with Crippen molar-refractivity contribution < 1.29 is 472 Å². The van der Waals surface area contributed by atoms with Crippen molar-refractivity contribution in [1.29, 1.82) is 0 Å². The molecule has 0 spiro atoms. The fraction of sp³-hybridized carbons (Fsp3) is 0.833. The summed E-state index contributed by atoms with van der Waals surface area (Å²) in [6.45, 7) is 15.4. The molecule has 136 heavy (non-hydrogen) atoms. The summed E-state index contributed by atoms with van der Waals surface area (Å²) in [6.07, 6.45) is -77.2. The van der Waals surface area contributed by atoms with E-state index in [1.807, 2.05) is 0 Å². The molecule has 0 radical (unpaired) electrons. The van der Waals surface area contributed by atoms with Gasteiger partial charge in [-0.15, -0.1) is 23.0 Å². The van der Waals surface area contributed by atoms with Crippen LogP contribution < -0.4 is 257 Å². The molecular weight excluding hydrogens is 2070 g/mol. The Bertz CT molecular complexity index is 3320. The first-order valence-electron chi connectivity index (χ1n) is 38.9. The molecule has 0 aromatic carbocycles.